The summed E-state index contributed by atoms with van der Waals surface area (Å²) < 4.78 is 10.8. The van der Waals surface area contributed by atoms with Gasteiger partial charge in [-0.1, -0.05) is 11.6 Å². The fourth-order valence-corrected chi connectivity index (χ4v) is 2.62. The van der Waals surface area contributed by atoms with Crippen LogP contribution in [0.2, 0.25) is 0 Å². The minimum Gasteiger partial charge on any atom is -0.496 e. The first-order valence-electron chi connectivity index (χ1n) is 7.31. The van der Waals surface area contributed by atoms with E-state index in [4.69, 9.17) is 9.47 Å². The smallest absolute Gasteiger partial charge is 0.124 e. The number of rotatable bonds is 6. The number of methoxy groups -OCH3 is 1. The molecule has 0 aromatic heterocycles. The Hall–Kier alpha value is -1.10. The van der Waals surface area contributed by atoms with Crippen LogP contribution in [0.1, 0.15) is 30.1 Å². The number of aryl methyl sites for hydroxylation is 1. The van der Waals surface area contributed by atoms with E-state index in [2.05, 4.69) is 5.32 Å². The highest BCUT2D eigenvalue weighted by atomic mass is 16.5. The van der Waals surface area contributed by atoms with Crippen LogP contribution >= 0.6 is 0 Å². The molecule has 2 N–H and O–H groups in total. The monoisotopic (exact) mass is 279 g/mol. The topological polar surface area (TPSA) is 50.7 Å². The summed E-state index contributed by atoms with van der Waals surface area (Å²) in [7, 11) is 1.63. The lowest BCUT2D eigenvalue weighted by molar-refractivity contribution is 0.0532. The third-order valence-electron chi connectivity index (χ3n) is 3.77. The second-order valence-corrected chi connectivity index (χ2v) is 5.50. The van der Waals surface area contributed by atoms with E-state index in [9.17, 15) is 5.11 Å². The summed E-state index contributed by atoms with van der Waals surface area (Å²) in [6, 6.07) is 5.87. The summed E-state index contributed by atoms with van der Waals surface area (Å²) in [4.78, 5) is 0. The van der Waals surface area contributed by atoms with Crippen LogP contribution in [0.5, 0.6) is 5.75 Å². The molecule has 0 aliphatic carbocycles. The molecule has 1 aromatic rings. The van der Waals surface area contributed by atoms with Crippen LogP contribution in [0.4, 0.5) is 0 Å². The number of hydrogen-bond donors (Lipinski definition) is 2. The van der Waals surface area contributed by atoms with Crippen molar-refractivity contribution < 1.29 is 14.6 Å². The predicted octanol–water partition coefficient (Wildman–Crippen LogP) is 2.05. The van der Waals surface area contributed by atoms with Gasteiger partial charge in [-0.2, -0.15) is 0 Å². The molecule has 1 aliphatic heterocycles. The first kappa shape index (κ1) is 15.3. The molecule has 112 valence electrons. The summed E-state index contributed by atoms with van der Waals surface area (Å²) in [5, 5.41) is 13.7. The van der Waals surface area contributed by atoms with Crippen molar-refractivity contribution in [1.82, 2.24) is 5.32 Å². The Kier molecular flexibility index (Phi) is 5.83. The predicted molar refractivity (Wildman–Crippen MR) is 79.1 cm³/mol. The van der Waals surface area contributed by atoms with Crippen LogP contribution in [-0.2, 0) is 4.74 Å². The first-order valence-corrected chi connectivity index (χ1v) is 7.31. The SMILES string of the molecule is COc1ccc(C)cc1C(O)CNCC1CCCOC1. The molecule has 1 fully saturated rings. The van der Waals surface area contributed by atoms with Crippen LogP contribution in [0.25, 0.3) is 0 Å². The number of aliphatic hydroxyl groups is 1. The van der Waals surface area contributed by atoms with Gasteiger partial charge in [0.15, 0.2) is 0 Å². The molecule has 2 atom stereocenters. The molecular weight excluding hydrogens is 254 g/mol. The largest absolute Gasteiger partial charge is 0.496 e. The molecule has 0 saturated carbocycles. The first-order chi connectivity index (χ1) is 9.70. The Balaban J connectivity index is 1.84. The van der Waals surface area contributed by atoms with Crippen LogP contribution in [0.15, 0.2) is 18.2 Å². The highest BCUT2D eigenvalue weighted by Crippen LogP contribution is 2.26. The van der Waals surface area contributed by atoms with Gasteiger partial charge in [0.05, 0.1) is 19.8 Å². The van der Waals surface area contributed by atoms with Crippen molar-refractivity contribution in [3.63, 3.8) is 0 Å². The van der Waals surface area contributed by atoms with E-state index in [-0.39, 0.29) is 0 Å². The average Bonchev–Trinajstić information content (AvgIpc) is 2.48. The molecule has 0 spiro atoms. The molecule has 0 radical (unpaired) electrons. The molecule has 2 unspecified atom stereocenters. The molecule has 20 heavy (non-hydrogen) atoms. The fraction of sp³-hybridized carbons (Fsp3) is 0.625. The molecule has 2 rings (SSSR count). The van der Waals surface area contributed by atoms with Gasteiger partial charge in [-0.3, -0.25) is 0 Å². The summed E-state index contributed by atoms with van der Waals surface area (Å²) >= 11 is 0. The van der Waals surface area contributed by atoms with Crippen LogP contribution < -0.4 is 10.1 Å². The normalized spacial score (nSPS) is 20.6. The minimum absolute atomic E-state index is 0.538. The molecule has 1 saturated heterocycles. The zero-order chi connectivity index (χ0) is 14.4. The molecule has 4 heteroatoms. The van der Waals surface area contributed by atoms with Crippen molar-refractivity contribution in [2.75, 3.05) is 33.4 Å². The standard InChI is InChI=1S/C16H25NO3/c1-12-5-6-16(19-2)14(8-12)15(18)10-17-9-13-4-3-7-20-11-13/h5-6,8,13,15,17-18H,3-4,7,9-11H2,1-2H3. The van der Waals surface area contributed by atoms with Gasteiger partial charge in [-0.05, 0) is 37.8 Å². The van der Waals surface area contributed by atoms with E-state index in [0.717, 1.165) is 43.1 Å². The van der Waals surface area contributed by atoms with Crippen molar-refractivity contribution in [3.05, 3.63) is 29.3 Å². The lowest BCUT2D eigenvalue weighted by atomic mass is 10.0. The summed E-state index contributed by atoms with van der Waals surface area (Å²) in [6.07, 6.45) is 1.80. The van der Waals surface area contributed by atoms with Crippen molar-refractivity contribution >= 4 is 0 Å². The van der Waals surface area contributed by atoms with E-state index in [0.29, 0.717) is 12.5 Å². The molecule has 4 nitrogen and oxygen atoms in total. The lowest BCUT2D eigenvalue weighted by Gasteiger charge is -2.23. The van der Waals surface area contributed by atoms with Crippen molar-refractivity contribution in [2.24, 2.45) is 5.92 Å². The Morgan fingerprint density at radius 2 is 2.35 bits per heavy atom. The van der Waals surface area contributed by atoms with E-state index in [1.165, 1.54) is 6.42 Å². The molecule has 1 heterocycles. The van der Waals surface area contributed by atoms with Crippen molar-refractivity contribution in [3.8, 4) is 5.75 Å². The van der Waals surface area contributed by atoms with E-state index >= 15 is 0 Å². The third kappa shape index (κ3) is 4.20. The number of benzene rings is 1. The van der Waals surface area contributed by atoms with Gasteiger partial charge in [0.2, 0.25) is 0 Å². The number of ether oxygens (including phenoxy) is 2. The Morgan fingerprint density at radius 3 is 3.05 bits per heavy atom. The number of nitrogens with one attached hydrogen (secondary N) is 1. The maximum Gasteiger partial charge on any atom is 0.124 e. The van der Waals surface area contributed by atoms with Gasteiger partial charge in [0.25, 0.3) is 0 Å². The zero-order valence-corrected chi connectivity index (χ0v) is 12.4. The summed E-state index contributed by atoms with van der Waals surface area (Å²) in [5.74, 6) is 1.31. The third-order valence-corrected chi connectivity index (χ3v) is 3.77. The van der Waals surface area contributed by atoms with Gasteiger partial charge in [0, 0.05) is 25.3 Å². The minimum atomic E-state index is -0.547. The lowest BCUT2D eigenvalue weighted by Crippen LogP contribution is -2.31. The quantitative estimate of drug-likeness (QED) is 0.837. The number of hydrogen-bond acceptors (Lipinski definition) is 4. The molecule has 0 bridgehead atoms. The van der Waals surface area contributed by atoms with Crippen LogP contribution in [0, 0.1) is 12.8 Å². The maximum absolute atomic E-state index is 10.3. The molecule has 0 amide bonds. The van der Waals surface area contributed by atoms with Crippen molar-refractivity contribution in [1.29, 1.82) is 0 Å². The number of aliphatic hydroxyl groups excluding tert-OH is 1. The van der Waals surface area contributed by atoms with E-state index < -0.39 is 6.10 Å². The van der Waals surface area contributed by atoms with E-state index in [1.807, 2.05) is 25.1 Å². The Morgan fingerprint density at radius 1 is 1.50 bits per heavy atom. The maximum atomic E-state index is 10.3. The van der Waals surface area contributed by atoms with Crippen LogP contribution in [0.3, 0.4) is 0 Å². The molecule has 1 aromatic carbocycles. The van der Waals surface area contributed by atoms with Gasteiger partial charge >= 0.3 is 0 Å². The zero-order valence-electron chi connectivity index (χ0n) is 12.4. The second kappa shape index (κ2) is 7.62. The van der Waals surface area contributed by atoms with Gasteiger partial charge < -0.3 is 19.9 Å². The van der Waals surface area contributed by atoms with Crippen LogP contribution in [-0.4, -0.2) is 38.5 Å². The van der Waals surface area contributed by atoms with E-state index in [1.54, 1.807) is 7.11 Å². The fourth-order valence-electron chi connectivity index (χ4n) is 2.62. The summed E-state index contributed by atoms with van der Waals surface area (Å²) in [5.41, 5.74) is 1.97. The van der Waals surface area contributed by atoms with Crippen molar-refractivity contribution in [2.45, 2.75) is 25.9 Å². The highest BCUT2D eigenvalue weighted by Gasteiger charge is 2.16. The summed E-state index contributed by atoms with van der Waals surface area (Å²) in [6.45, 7) is 5.17. The second-order valence-electron chi connectivity index (χ2n) is 5.50. The van der Waals surface area contributed by atoms with Gasteiger partial charge in [-0.25, -0.2) is 0 Å². The van der Waals surface area contributed by atoms with Gasteiger partial charge in [-0.15, -0.1) is 0 Å². The average molecular weight is 279 g/mol. The van der Waals surface area contributed by atoms with Gasteiger partial charge in [0.1, 0.15) is 5.75 Å². The Bertz CT molecular complexity index is 416. The highest BCUT2D eigenvalue weighted by molar-refractivity contribution is 5.38. The molecular formula is C16H25NO3. The Labute approximate surface area is 121 Å². The molecule has 1 aliphatic rings.